The first kappa shape index (κ1) is 14.6. The van der Waals surface area contributed by atoms with Gasteiger partial charge in [-0.25, -0.2) is 8.42 Å². The lowest BCUT2D eigenvalue weighted by atomic mass is 9.78. The number of fused-ring (bicyclic) bond motifs is 1. The third kappa shape index (κ3) is 2.29. The smallest absolute Gasteiger partial charge is 0.243 e. The molecule has 2 fully saturated rings. The normalized spacial score (nSPS) is 22.5. The van der Waals surface area contributed by atoms with E-state index in [2.05, 4.69) is 5.32 Å². The molecule has 0 aliphatic carbocycles. The number of rotatable bonds is 2. The number of thiophene rings is 1. The van der Waals surface area contributed by atoms with Gasteiger partial charge in [0.1, 0.15) is 0 Å². The first-order chi connectivity index (χ1) is 10.6. The van der Waals surface area contributed by atoms with Gasteiger partial charge in [-0.15, -0.1) is 11.3 Å². The van der Waals surface area contributed by atoms with Crippen LogP contribution in [0.4, 0.5) is 0 Å². The van der Waals surface area contributed by atoms with Crippen LogP contribution in [0.1, 0.15) is 19.3 Å². The molecule has 4 rings (SSSR count). The predicted octanol–water partition coefficient (Wildman–Crippen LogP) is 2.67. The molecule has 118 valence electrons. The highest BCUT2D eigenvalue weighted by molar-refractivity contribution is 7.89. The van der Waals surface area contributed by atoms with E-state index in [4.69, 9.17) is 0 Å². The van der Waals surface area contributed by atoms with E-state index in [-0.39, 0.29) is 0 Å². The molecule has 1 spiro atoms. The van der Waals surface area contributed by atoms with Crippen molar-refractivity contribution in [3.05, 3.63) is 29.6 Å². The molecule has 3 heterocycles. The second-order valence-electron chi connectivity index (χ2n) is 6.42. The van der Waals surface area contributed by atoms with Gasteiger partial charge in [0, 0.05) is 29.7 Å². The summed E-state index contributed by atoms with van der Waals surface area (Å²) in [6.45, 7) is 3.40. The average Bonchev–Trinajstić information content (AvgIpc) is 3.16. The highest BCUT2D eigenvalue weighted by Gasteiger charge is 2.40. The fourth-order valence-electron chi connectivity index (χ4n) is 3.75. The maximum atomic E-state index is 13.0. The van der Waals surface area contributed by atoms with E-state index in [1.165, 1.54) is 6.42 Å². The zero-order chi connectivity index (χ0) is 15.2. The standard InChI is InChI=1S/C16H20N2O2S2/c19-22(20,15-3-1-2-14-13(15)4-11-21-14)18-9-6-16(7-10-18)5-8-17-12-16/h1-4,11,17H,5-10,12H2. The van der Waals surface area contributed by atoms with Crippen LogP contribution in [0.2, 0.25) is 0 Å². The zero-order valence-electron chi connectivity index (χ0n) is 12.4. The summed E-state index contributed by atoms with van der Waals surface area (Å²) >= 11 is 1.59. The molecule has 0 amide bonds. The van der Waals surface area contributed by atoms with Gasteiger partial charge in [0.25, 0.3) is 0 Å². The molecule has 4 nitrogen and oxygen atoms in total. The summed E-state index contributed by atoms with van der Waals surface area (Å²) in [6, 6.07) is 7.48. The molecule has 22 heavy (non-hydrogen) atoms. The number of benzene rings is 1. The first-order valence-electron chi connectivity index (χ1n) is 7.78. The Kier molecular flexibility index (Phi) is 3.52. The predicted molar refractivity (Wildman–Crippen MR) is 89.7 cm³/mol. The Hall–Kier alpha value is -0.950. The van der Waals surface area contributed by atoms with Crippen molar-refractivity contribution in [2.45, 2.75) is 24.2 Å². The van der Waals surface area contributed by atoms with Crippen LogP contribution in [0.3, 0.4) is 0 Å². The Morgan fingerprint density at radius 1 is 1.14 bits per heavy atom. The Morgan fingerprint density at radius 3 is 2.68 bits per heavy atom. The number of nitrogens with zero attached hydrogens (tertiary/aromatic N) is 1. The van der Waals surface area contributed by atoms with Crippen molar-refractivity contribution in [3.63, 3.8) is 0 Å². The highest BCUT2D eigenvalue weighted by atomic mass is 32.2. The SMILES string of the molecule is O=S(=O)(c1cccc2sccc12)N1CCC2(CCNC2)CC1. The maximum absolute atomic E-state index is 13.0. The molecule has 0 bridgehead atoms. The van der Waals surface area contributed by atoms with Crippen LogP contribution >= 0.6 is 11.3 Å². The van der Waals surface area contributed by atoms with Gasteiger partial charge in [-0.05, 0) is 54.8 Å². The summed E-state index contributed by atoms with van der Waals surface area (Å²) in [5, 5.41) is 6.24. The summed E-state index contributed by atoms with van der Waals surface area (Å²) < 4.78 is 28.8. The van der Waals surface area contributed by atoms with Gasteiger partial charge in [-0.3, -0.25) is 0 Å². The van der Waals surface area contributed by atoms with Crippen LogP contribution in [0.15, 0.2) is 34.5 Å². The number of hydrogen-bond acceptors (Lipinski definition) is 4. The van der Waals surface area contributed by atoms with E-state index < -0.39 is 10.0 Å². The largest absolute Gasteiger partial charge is 0.316 e. The lowest BCUT2D eigenvalue weighted by Crippen LogP contribution is -2.43. The Morgan fingerprint density at radius 2 is 1.95 bits per heavy atom. The van der Waals surface area contributed by atoms with Crippen molar-refractivity contribution in [1.82, 2.24) is 9.62 Å². The van der Waals surface area contributed by atoms with Crippen molar-refractivity contribution >= 4 is 31.4 Å². The molecule has 0 radical (unpaired) electrons. The van der Waals surface area contributed by atoms with Crippen molar-refractivity contribution in [2.24, 2.45) is 5.41 Å². The molecular weight excluding hydrogens is 316 g/mol. The topological polar surface area (TPSA) is 49.4 Å². The van der Waals surface area contributed by atoms with Gasteiger partial charge in [-0.2, -0.15) is 4.31 Å². The van der Waals surface area contributed by atoms with Gasteiger partial charge in [0.2, 0.25) is 10.0 Å². The molecule has 6 heteroatoms. The number of piperidine rings is 1. The molecule has 2 aliphatic rings. The fraction of sp³-hybridized carbons (Fsp3) is 0.500. The average molecular weight is 336 g/mol. The summed E-state index contributed by atoms with van der Waals surface area (Å²) in [4.78, 5) is 0.465. The third-order valence-corrected chi connectivity index (χ3v) is 8.03. The minimum atomic E-state index is -3.39. The molecule has 0 saturated carbocycles. The lowest BCUT2D eigenvalue weighted by molar-refractivity contribution is 0.175. The minimum Gasteiger partial charge on any atom is -0.316 e. The molecule has 0 unspecified atom stereocenters. The lowest BCUT2D eigenvalue weighted by Gasteiger charge is -2.38. The van der Waals surface area contributed by atoms with E-state index in [1.807, 2.05) is 23.6 Å². The fourth-order valence-corrected chi connectivity index (χ4v) is 6.28. The van der Waals surface area contributed by atoms with Crippen molar-refractivity contribution in [2.75, 3.05) is 26.2 Å². The van der Waals surface area contributed by atoms with Crippen molar-refractivity contribution in [1.29, 1.82) is 0 Å². The Labute approximate surface area is 135 Å². The first-order valence-corrected chi connectivity index (χ1v) is 10.1. The van der Waals surface area contributed by atoms with Gasteiger partial charge in [-0.1, -0.05) is 6.07 Å². The quantitative estimate of drug-likeness (QED) is 0.917. The summed E-state index contributed by atoms with van der Waals surface area (Å²) in [5.41, 5.74) is 0.334. The number of sulfonamides is 1. The van der Waals surface area contributed by atoms with Crippen LogP contribution < -0.4 is 5.32 Å². The Bertz CT molecular complexity index is 781. The van der Waals surface area contributed by atoms with Gasteiger partial charge in [0.15, 0.2) is 0 Å². The molecular formula is C16H20N2O2S2. The second-order valence-corrected chi connectivity index (χ2v) is 9.27. The van der Waals surface area contributed by atoms with Crippen LogP contribution in [0.5, 0.6) is 0 Å². The monoisotopic (exact) mass is 336 g/mol. The maximum Gasteiger partial charge on any atom is 0.243 e. The van der Waals surface area contributed by atoms with E-state index >= 15 is 0 Å². The van der Waals surface area contributed by atoms with Crippen LogP contribution in [-0.2, 0) is 10.0 Å². The minimum absolute atomic E-state index is 0.334. The van der Waals surface area contributed by atoms with Crippen LogP contribution in [-0.4, -0.2) is 38.9 Å². The molecule has 2 aromatic rings. The summed E-state index contributed by atoms with van der Waals surface area (Å²) in [7, 11) is -3.39. The van der Waals surface area contributed by atoms with Crippen molar-refractivity contribution in [3.8, 4) is 0 Å². The van der Waals surface area contributed by atoms with E-state index in [0.29, 0.717) is 23.4 Å². The number of nitrogens with one attached hydrogen (secondary N) is 1. The summed E-state index contributed by atoms with van der Waals surface area (Å²) in [5.74, 6) is 0. The van der Waals surface area contributed by atoms with Crippen LogP contribution in [0, 0.1) is 5.41 Å². The molecule has 1 N–H and O–H groups in total. The van der Waals surface area contributed by atoms with E-state index in [1.54, 1.807) is 21.7 Å². The summed E-state index contributed by atoms with van der Waals surface area (Å²) in [6.07, 6.45) is 3.12. The van der Waals surface area contributed by atoms with Gasteiger partial charge < -0.3 is 5.32 Å². The second kappa shape index (κ2) is 5.30. The van der Waals surface area contributed by atoms with Gasteiger partial charge >= 0.3 is 0 Å². The molecule has 2 saturated heterocycles. The molecule has 1 aromatic heterocycles. The highest BCUT2D eigenvalue weighted by Crippen LogP contribution is 2.39. The van der Waals surface area contributed by atoms with Crippen LogP contribution in [0.25, 0.3) is 10.1 Å². The molecule has 0 atom stereocenters. The van der Waals surface area contributed by atoms with E-state index in [0.717, 1.165) is 36.0 Å². The van der Waals surface area contributed by atoms with Crippen molar-refractivity contribution < 1.29 is 8.42 Å². The third-order valence-electron chi connectivity index (χ3n) is 5.19. The molecule has 1 aromatic carbocycles. The van der Waals surface area contributed by atoms with Gasteiger partial charge in [0.05, 0.1) is 4.90 Å². The molecule has 2 aliphatic heterocycles. The van der Waals surface area contributed by atoms with E-state index in [9.17, 15) is 8.42 Å². The zero-order valence-corrected chi connectivity index (χ0v) is 14.0. The Balaban J connectivity index is 1.63. The number of hydrogen-bond donors (Lipinski definition) is 1.